The van der Waals surface area contributed by atoms with Crippen LogP contribution in [-0.4, -0.2) is 31.4 Å². The van der Waals surface area contributed by atoms with Crippen LogP contribution in [0.3, 0.4) is 0 Å². The van der Waals surface area contributed by atoms with E-state index in [1.165, 1.54) is 11.8 Å². The van der Waals surface area contributed by atoms with Gasteiger partial charge in [0.15, 0.2) is 11.0 Å². The Bertz CT molecular complexity index is 993. The Labute approximate surface area is 155 Å². The van der Waals surface area contributed by atoms with Crippen molar-refractivity contribution >= 4 is 34.4 Å². The predicted molar refractivity (Wildman–Crippen MR) is 104 cm³/mol. The number of hydrogen-bond donors (Lipinski definition) is 2. The van der Waals surface area contributed by atoms with Gasteiger partial charge in [0.1, 0.15) is 0 Å². The molecule has 2 heterocycles. The molecule has 8 heteroatoms. The van der Waals surface area contributed by atoms with Gasteiger partial charge in [-0.25, -0.2) is 4.98 Å². The highest BCUT2D eigenvalue weighted by Gasteiger charge is 2.14. The number of H-pyrrole nitrogens is 1. The molecule has 0 aliphatic heterocycles. The number of nitrogens with one attached hydrogen (secondary N) is 2. The molecule has 1 aromatic carbocycles. The highest BCUT2D eigenvalue weighted by molar-refractivity contribution is 7.99. The van der Waals surface area contributed by atoms with Gasteiger partial charge in [-0.2, -0.15) is 5.10 Å². The Morgan fingerprint density at radius 1 is 1.35 bits per heavy atom. The Morgan fingerprint density at radius 2 is 2.12 bits per heavy atom. The first-order chi connectivity index (χ1) is 12.4. The lowest BCUT2D eigenvalue weighted by Gasteiger charge is -2.14. The number of fused-ring (bicyclic) bond motifs is 1. The fraction of sp³-hybridized carbons (Fsp3) is 0.333. The minimum Gasteiger partial charge on any atom is -0.308 e. The van der Waals surface area contributed by atoms with E-state index in [0.717, 1.165) is 5.69 Å². The topological polar surface area (TPSA) is 92.7 Å². The summed E-state index contributed by atoms with van der Waals surface area (Å²) in [5.41, 5.74) is 1.44. The second-order valence-electron chi connectivity index (χ2n) is 6.49. The zero-order valence-electron chi connectivity index (χ0n) is 14.9. The van der Waals surface area contributed by atoms with Crippen LogP contribution in [0.2, 0.25) is 0 Å². The molecule has 0 saturated carbocycles. The zero-order chi connectivity index (χ0) is 18.7. The van der Waals surface area contributed by atoms with Gasteiger partial charge in [0.25, 0.3) is 5.56 Å². The maximum atomic E-state index is 12.8. The Balaban J connectivity index is 1.83. The third kappa shape index (κ3) is 4.13. The zero-order valence-corrected chi connectivity index (χ0v) is 15.8. The maximum Gasteiger partial charge on any atom is 0.262 e. The SMILES string of the molecule is Cc1cc(NC(=O)CSc2nc3ccccc3c(=O)n2CC(C)C)n[nH]1. The number of carbonyl (C=O) groups excluding carboxylic acids is 1. The lowest BCUT2D eigenvalue weighted by Crippen LogP contribution is -2.26. The summed E-state index contributed by atoms with van der Waals surface area (Å²) in [6.07, 6.45) is 0. The molecule has 0 atom stereocenters. The minimum absolute atomic E-state index is 0.0739. The van der Waals surface area contributed by atoms with Crippen LogP contribution >= 0.6 is 11.8 Å². The number of rotatable bonds is 6. The number of benzene rings is 1. The van der Waals surface area contributed by atoms with Crippen molar-refractivity contribution in [2.24, 2.45) is 5.92 Å². The number of anilines is 1. The molecule has 0 aliphatic carbocycles. The number of para-hydroxylation sites is 1. The van der Waals surface area contributed by atoms with Crippen molar-refractivity contribution in [1.82, 2.24) is 19.7 Å². The predicted octanol–water partition coefficient (Wildman–Crippen LogP) is 2.81. The fourth-order valence-electron chi connectivity index (χ4n) is 2.58. The van der Waals surface area contributed by atoms with E-state index in [1.54, 1.807) is 16.7 Å². The lowest BCUT2D eigenvalue weighted by atomic mass is 10.2. The lowest BCUT2D eigenvalue weighted by molar-refractivity contribution is -0.113. The van der Waals surface area contributed by atoms with Gasteiger partial charge in [-0.1, -0.05) is 37.7 Å². The van der Waals surface area contributed by atoms with Crippen LogP contribution in [0, 0.1) is 12.8 Å². The van der Waals surface area contributed by atoms with E-state index in [0.29, 0.717) is 28.4 Å². The van der Waals surface area contributed by atoms with Gasteiger partial charge >= 0.3 is 0 Å². The minimum atomic E-state index is -0.194. The molecular weight excluding hydrogens is 350 g/mol. The smallest absolute Gasteiger partial charge is 0.262 e. The molecule has 0 fully saturated rings. The quantitative estimate of drug-likeness (QED) is 0.513. The summed E-state index contributed by atoms with van der Waals surface area (Å²) < 4.78 is 1.66. The second kappa shape index (κ2) is 7.74. The molecule has 136 valence electrons. The van der Waals surface area contributed by atoms with Crippen LogP contribution in [0.5, 0.6) is 0 Å². The molecular formula is C18H21N5O2S. The second-order valence-corrected chi connectivity index (χ2v) is 7.44. The van der Waals surface area contributed by atoms with Crippen molar-refractivity contribution in [1.29, 1.82) is 0 Å². The summed E-state index contributed by atoms with van der Waals surface area (Å²) in [4.78, 5) is 29.6. The maximum absolute atomic E-state index is 12.8. The average Bonchev–Trinajstić information content (AvgIpc) is 3.00. The van der Waals surface area contributed by atoms with E-state index in [9.17, 15) is 9.59 Å². The first-order valence-corrected chi connectivity index (χ1v) is 9.37. The van der Waals surface area contributed by atoms with Crippen LogP contribution < -0.4 is 10.9 Å². The van der Waals surface area contributed by atoms with Crippen molar-refractivity contribution in [3.8, 4) is 0 Å². The molecule has 0 spiro atoms. The number of aromatic amines is 1. The Hall–Kier alpha value is -2.61. The number of amides is 1. The highest BCUT2D eigenvalue weighted by Crippen LogP contribution is 2.19. The van der Waals surface area contributed by atoms with Crippen molar-refractivity contribution in [3.63, 3.8) is 0 Å². The monoisotopic (exact) mass is 371 g/mol. The van der Waals surface area contributed by atoms with Crippen LogP contribution in [-0.2, 0) is 11.3 Å². The Morgan fingerprint density at radius 3 is 2.81 bits per heavy atom. The van der Waals surface area contributed by atoms with Gasteiger partial charge in [0.2, 0.25) is 5.91 Å². The average molecular weight is 371 g/mol. The molecule has 1 amide bonds. The van der Waals surface area contributed by atoms with E-state index >= 15 is 0 Å². The Kier molecular flexibility index (Phi) is 5.41. The molecule has 0 unspecified atom stereocenters. The van der Waals surface area contributed by atoms with Gasteiger partial charge in [0, 0.05) is 18.3 Å². The molecule has 2 N–H and O–H groups in total. The van der Waals surface area contributed by atoms with E-state index in [4.69, 9.17) is 0 Å². The van der Waals surface area contributed by atoms with E-state index < -0.39 is 0 Å². The van der Waals surface area contributed by atoms with Crippen LogP contribution in [0.1, 0.15) is 19.5 Å². The van der Waals surface area contributed by atoms with Crippen molar-refractivity contribution < 1.29 is 4.79 Å². The molecule has 3 aromatic rings. The van der Waals surface area contributed by atoms with E-state index in [1.807, 2.05) is 39.0 Å². The third-order valence-electron chi connectivity index (χ3n) is 3.68. The number of thioether (sulfide) groups is 1. The number of carbonyl (C=O) groups is 1. The fourth-order valence-corrected chi connectivity index (χ4v) is 3.38. The number of nitrogens with zero attached hydrogens (tertiary/aromatic N) is 3. The van der Waals surface area contributed by atoms with Gasteiger partial charge in [-0.05, 0) is 25.0 Å². The van der Waals surface area contributed by atoms with Crippen LogP contribution in [0.15, 0.2) is 40.3 Å². The van der Waals surface area contributed by atoms with Crippen molar-refractivity contribution in [2.45, 2.75) is 32.5 Å². The summed E-state index contributed by atoms with van der Waals surface area (Å²) in [5.74, 6) is 0.726. The molecule has 26 heavy (non-hydrogen) atoms. The van der Waals surface area contributed by atoms with Crippen molar-refractivity contribution in [2.75, 3.05) is 11.1 Å². The van der Waals surface area contributed by atoms with Crippen molar-refractivity contribution in [3.05, 3.63) is 46.4 Å². The van der Waals surface area contributed by atoms with E-state index in [2.05, 4.69) is 20.5 Å². The molecule has 0 bridgehead atoms. The number of hydrogen-bond acceptors (Lipinski definition) is 5. The summed E-state index contributed by atoms with van der Waals surface area (Å²) in [6, 6.07) is 9.03. The van der Waals surface area contributed by atoms with Gasteiger partial charge in [-0.15, -0.1) is 0 Å². The van der Waals surface area contributed by atoms with Gasteiger partial charge in [0.05, 0.1) is 16.7 Å². The molecule has 0 aliphatic rings. The first kappa shape index (κ1) is 18.2. The summed E-state index contributed by atoms with van der Waals surface area (Å²) in [6.45, 7) is 6.51. The van der Waals surface area contributed by atoms with Gasteiger partial charge < -0.3 is 5.32 Å². The van der Waals surface area contributed by atoms with Gasteiger partial charge in [-0.3, -0.25) is 19.3 Å². The summed E-state index contributed by atoms with van der Waals surface area (Å²) in [5, 5.41) is 10.6. The largest absolute Gasteiger partial charge is 0.308 e. The third-order valence-corrected chi connectivity index (χ3v) is 4.66. The normalized spacial score (nSPS) is 11.2. The number of aryl methyl sites for hydroxylation is 1. The molecule has 0 radical (unpaired) electrons. The molecule has 7 nitrogen and oxygen atoms in total. The summed E-state index contributed by atoms with van der Waals surface area (Å²) in [7, 11) is 0. The van der Waals surface area contributed by atoms with Crippen LogP contribution in [0.25, 0.3) is 10.9 Å². The van der Waals surface area contributed by atoms with E-state index in [-0.39, 0.29) is 23.1 Å². The molecule has 3 rings (SSSR count). The standard InChI is InChI=1S/C18H21N5O2S/c1-11(2)9-23-17(25)13-6-4-5-7-14(13)19-18(23)26-10-16(24)20-15-8-12(3)21-22-15/h4-8,11H,9-10H2,1-3H3,(H2,20,21,22,24). The highest BCUT2D eigenvalue weighted by atomic mass is 32.2. The number of aromatic nitrogens is 4. The molecule has 0 saturated heterocycles. The van der Waals surface area contributed by atoms with Crippen LogP contribution in [0.4, 0.5) is 5.82 Å². The first-order valence-electron chi connectivity index (χ1n) is 8.38. The molecule has 2 aromatic heterocycles. The summed E-state index contributed by atoms with van der Waals surface area (Å²) >= 11 is 1.25.